The molecule has 1 saturated carbocycles. The topological polar surface area (TPSA) is 101 Å². The van der Waals surface area contributed by atoms with Crippen molar-refractivity contribution in [1.29, 1.82) is 0 Å². The summed E-state index contributed by atoms with van der Waals surface area (Å²) in [5.41, 5.74) is -0.804. The summed E-state index contributed by atoms with van der Waals surface area (Å²) in [6, 6.07) is 8.33. The first-order valence-corrected chi connectivity index (χ1v) is 12.5. The molecule has 2 saturated heterocycles. The maximum absolute atomic E-state index is 14.2. The third-order valence-electron chi connectivity index (χ3n) is 7.83. The monoisotopic (exact) mass is 490 g/mol. The van der Waals surface area contributed by atoms with Gasteiger partial charge in [-0.1, -0.05) is 43.5 Å². The first-order chi connectivity index (χ1) is 17.5. The van der Waals surface area contributed by atoms with Crippen LogP contribution in [0.5, 0.6) is 0 Å². The minimum Gasteiger partial charge on any atom is -0.359 e. The Labute approximate surface area is 207 Å². The second-order valence-corrected chi connectivity index (χ2v) is 9.93. The molecule has 0 unspecified atom stereocenters. The van der Waals surface area contributed by atoms with E-state index in [4.69, 9.17) is 4.74 Å². The highest BCUT2D eigenvalue weighted by Gasteiger charge is 2.73. The molecule has 1 aromatic heterocycles. The number of aromatic nitrogens is 1. The van der Waals surface area contributed by atoms with Gasteiger partial charge in [-0.3, -0.25) is 24.3 Å². The Balaban J connectivity index is 1.36. The van der Waals surface area contributed by atoms with Crippen molar-refractivity contribution < 1.29 is 23.5 Å². The number of pyridine rings is 1. The molecule has 3 aliphatic heterocycles. The highest BCUT2D eigenvalue weighted by molar-refractivity contribution is 6.11. The summed E-state index contributed by atoms with van der Waals surface area (Å²) in [5, 5.41) is 5.77. The molecule has 1 spiro atoms. The van der Waals surface area contributed by atoms with E-state index in [-0.39, 0.29) is 23.5 Å². The van der Waals surface area contributed by atoms with E-state index >= 15 is 0 Å². The van der Waals surface area contributed by atoms with Gasteiger partial charge in [0.15, 0.2) is 0 Å². The van der Waals surface area contributed by atoms with Crippen LogP contribution < -0.4 is 15.5 Å². The molecular weight excluding hydrogens is 463 g/mol. The number of halogens is 1. The average Bonchev–Trinajstić information content (AvgIpc) is 3.54. The van der Waals surface area contributed by atoms with Crippen LogP contribution in [-0.4, -0.2) is 46.5 Å². The number of ether oxygens (including phenoxy) is 1. The zero-order valence-electron chi connectivity index (χ0n) is 19.6. The van der Waals surface area contributed by atoms with Crippen molar-refractivity contribution in [2.24, 2.45) is 11.8 Å². The average molecular weight is 491 g/mol. The number of carbonyl (C=O) groups is 3. The fourth-order valence-electron chi connectivity index (χ4n) is 6.25. The molecule has 8 nitrogen and oxygen atoms in total. The zero-order valence-corrected chi connectivity index (χ0v) is 19.6. The lowest BCUT2D eigenvalue weighted by molar-refractivity contribution is -0.129. The molecule has 1 aliphatic carbocycles. The first kappa shape index (κ1) is 22.8. The maximum atomic E-state index is 14.2. The Morgan fingerprint density at radius 3 is 2.64 bits per heavy atom. The lowest BCUT2D eigenvalue weighted by atomic mass is 9.74. The molecule has 0 radical (unpaired) electrons. The number of carbonyl (C=O) groups excluding carboxylic acids is 3. The molecule has 6 rings (SSSR count). The molecule has 4 aliphatic rings. The second kappa shape index (κ2) is 8.81. The van der Waals surface area contributed by atoms with Gasteiger partial charge < -0.3 is 15.4 Å². The van der Waals surface area contributed by atoms with Gasteiger partial charge in [0, 0.05) is 12.2 Å². The van der Waals surface area contributed by atoms with Crippen LogP contribution in [0.1, 0.15) is 32.1 Å². The quantitative estimate of drug-likeness (QED) is 0.628. The van der Waals surface area contributed by atoms with Crippen molar-refractivity contribution in [1.82, 2.24) is 10.3 Å². The van der Waals surface area contributed by atoms with Gasteiger partial charge in [-0.2, -0.15) is 0 Å². The number of hydrogen-bond acceptors (Lipinski definition) is 5. The van der Waals surface area contributed by atoms with E-state index in [1.165, 1.54) is 29.3 Å². The summed E-state index contributed by atoms with van der Waals surface area (Å²) >= 11 is 0. The smallest absolute Gasteiger partial charge is 0.246 e. The maximum Gasteiger partial charge on any atom is 0.246 e. The van der Waals surface area contributed by atoms with Crippen LogP contribution in [0.25, 0.3) is 0 Å². The molecule has 9 heteroatoms. The van der Waals surface area contributed by atoms with E-state index in [2.05, 4.69) is 15.6 Å². The molecule has 2 bridgehead atoms. The van der Waals surface area contributed by atoms with Crippen LogP contribution in [0.4, 0.5) is 15.8 Å². The van der Waals surface area contributed by atoms with E-state index in [0.29, 0.717) is 5.69 Å². The van der Waals surface area contributed by atoms with Crippen LogP contribution in [0.3, 0.4) is 0 Å². The number of hydrogen-bond donors (Lipinski definition) is 2. The van der Waals surface area contributed by atoms with Gasteiger partial charge >= 0.3 is 0 Å². The molecule has 2 N–H and O–H groups in total. The number of amides is 3. The molecular formula is C27H27FN4O4. The predicted molar refractivity (Wildman–Crippen MR) is 129 cm³/mol. The molecule has 3 amide bonds. The highest BCUT2D eigenvalue weighted by atomic mass is 19.1. The second-order valence-electron chi connectivity index (χ2n) is 9.93. The standard InChI is InChI=1S/C27H27FN4O4/c28-18-10-4-5-11-19(18)31-24(33)21-20-12-13-27(36-20)22(21)26(35)32(17-9-6-14-29-15-17)23(27)25(34)30-16-7-2-1-3-8-16/h4-6,9-16,20-23H,1-3,7-8H2,(H,30,34)(H,31,33)/t20-,21-,22-,23+,27-/m1/s1. The van der Waals surface area contributed by atoms with Gasteiger partial charge in [-0.25, -0.2) is 4.39 Å². The van der Waals surface area contributed by atoms with Gasteiger partial charge in [-0.05, 0) is 37.1 Å². The summed E-state index contributed by atoms with van der Waals surface area (Å²) in [5.74, 6) is -3.61. The normalized spacial score (nSPS) is 30.9. The first-order valence-electron chi connectivity index (χ1n) is 12.5. The number of para-hydroxylation sites is 1. The minimum atomic E-state index is -1.30. The third-order valence-corrected chi connectivity index (χ3v) is 7.83. The summed E-state index contributed by atoms with van der Waals surface area (Å²) in [6.45, 7) is 0. The minimum absolute atomic E-state index is 0.0319. The van der Waals surface area contributed by atoms with Crippen molar-refractivity contribution in [2.45, 2.75) is 55.9 Å². The Morgan fingerprint density at radius 2 is 1.89 bits per heavy atom. The van der Waals surface area contributed by atoms with Crippen molar-refractivity contribution in [3.05, 3.63) is 66.8 Å². The van der Waals surface area contributed by atoms with E-state index in [1.807, 2.05) is 0 Å². The number of fused-ring (bicyclic) bond motifs is 1. The summed E-state index contributed by atoms with van der Waals surface area (Å²) in [7, 11) is 0. The summed E-state index contributed by atoms with van der Waals surface area (Å²) < 4.78 is 20.6. The number of rotatable bonds is 5. The molecule has 4 heterocycles. The fourth-order valence-corrected chi connectivity index (χ4v) is 6.25. The van der Waals surface area contributed by atoms with Gasteiger partial charge in [-0.15, -0.1) is 0 Å². The van der Waals surface area contributed by atoms with Gasteiger partial charge in [0.1, 0.15) is 17.5 Å². The Morgan fingerprint density at radius 1 is 1.08 bits per heavy atom. The van der Waals surface area contributed by atoms with Crippen molar-refractivity contribution >= 4 is 29.1 Å². The van der Waals surface area contributed by atoms with Crippen LogP contribution in [0, 0.1) is 17.7 Å². The van der Waals surface area contributed by atoms with Gasteiger partial charge in [0.25, 0.3) is 0 Å². The summed E-state index contributed by atoms with van der Waals surface area (Å²) in [4.78, 5) is 46.7. The summed E-state index contributed by atoms with van der Waals surface area (Å²) in [6.07, 6.45) is 11.0. The lowest BCUT2D eigenvalue weighted by Gasteiger charge is -2.34. The van der Waals surface area contributed by atoms with Gasteiger partial charge in [0.05, 0.1) is 35.5 Å². The molecule has 36 heavy (non-hydrogen) atoms. The van der Waals surface area contributed by atoms with Crippen LogP contribution in [0.15, 0.2) is 60.9 Å². The molecule has 2 aromatic rings. The number of benzene rings is 1. The predicted octanol–water partition coefficient (Wildman–Crippen LogP) is 2.96. The van der Waals surface area contributed by atoms with Crippen LogP contribution >= 0.6 is 0 Å². The Hall–Kier alpha value is -3.59. The van der Waals surface area contributed by atoms with Gasteiger partial charge in [0.2, 0.25) is 17.7 Å². The zero-order chi connectivity index (χ0) is 24.9. The SMILES string of the molecule is O=C(Nc1ccccc1F)[C@@H]1[C@H]2C=C[C@]3(O2)[C@H](C(=O)NC2CCCCC2)N(c2cccnc2)C(=O)[C@@H]13. The van der Waals surface area contributed by atoms with Crippen molar-refractivity contribution in [3.63, 3.8) is 0 Å². The van der Waals surface area contributed by atoms with Crippen molar-refractivity contribution in [2.75, 3.05) is 10.2 Å². The van der Waals surface area contributed by atoms with Crippen LogP contribution in [0.2, 0.25) is 0 Å². The van der Waals surface area contributed by atoms with E-state index in [1.54, 1.807) is 36.5 Å². The largest absolute Gasteiger partial charge is 0.359 e. The Bertz CT molecular complexity index is 1230. The number of nitrogens with zero attached hydrogens (tertiary/aromatic N) is 2. The van der Waals surface area contributed by atoms with E-state index in [9.17, 15) is 18.8 Å². The third kappa shape index (κ3) is 3.52. The molecule has 3 fully saturated rings. The molecule has 5 atom stereocenters. The lowest BCUT2D eigenvalue weighted by Crippen LogP contribution is -2.56. The molecule has 186 valence electrons. The van der Waals surface area contributed by atoms with E-state index in [0.717, 1.165) is 32.1 Å². The van der Waals surface area contributed by atoms with Crippen LogP contribution in [-0.2, 0) is 19.1 Å². The molecule has 1 aromatic carbocycles. The number of nitrogens with one attached hydrogen (secondary N) is 2. The van der Waals surface area contributed by atoms with E-state index < -0.39 is 41.3 Å². The number of anilines is 2. The Kier molecular flexibility index (Phi) is 5.59. The highest BCUT2D eigenvalue weighted by Crippen LogP contribution is 2.56. The van der Waals surface area contributed by atoms with Crippen molar-refractivity contribution in [3.8, 4) is 0 Å². The fraction of sp³-hybridized carbons (Fsp3) is 0.407.